The van der Waals surface area contributed by atoms with E-state index in [0.717, 1.165) is 11.4 Å². The van der Waals surface area contributed by atoms with Crippen molar-refractivity contribution in [2.75, 3.05) is 25.4 Å². The molecule has 1 amide bonds. The molecule has 0 radical (unpaired) electrons. The molecule has 10 heteroatoms. The average molecular weight is 453 g/mol. The minimum Gasteiger partial charge on any atom is -0.497 e. The van der Waals surface area contributed by atoms with Crippen LogP contribution in [0.25, 0.3) is 0 Å². The van der Waals surface area contributed by atoms with Crippen molar-refractivity contribution < 1.29 is 27.5 Å². The normalized spacial score (nSPS) is 10.8. The van der Waals surface area contributed by atoms with Crippen LogP contribution in [0.5, 0.6) is 5.75 Å². The zero-order valence-corrected chi connectivity index (χ0v) is 18.0. The first-order valence-corrected chi connectivity index (χ1v) is 10.6. The zero-order chi connectivity index (χ0) is 22.3. The second kappa shape index (κ2) is 10.1. The fraction of sp³-hybridized carbons (Fsp3) is 0.200. The summed E-state index contributed by atoms with van der Waals surface area (Å²) in [6.45, 7) is 3.32. The number of nitrogens with zero attached hydrogens (tertiary/aromatic N) is 1. The number of rotatable bonds is 9. The lowest BCUT2D eigenvalue weighted by Gasteiger charge is -2.26. The van der Waals surface area contributed by atoms with Gasteiger partial charge in [-0.1, -0.05) is 24.8 Å². The van der Waals surface area contributed by atoms with Gasteiger partial charge in [-0.15, -0.1) is 11.6 Å². The Balaban J connectivity index is 2.50. The number of hydrogen-bond donors (Lipinski definition) is 1. The maximum atomic E-state index is 13.3. The summed E-state index contributed by atoms with van der Waals surface area (Å²) in [4.78, 5) is 23.7. The van der Waals surface area contributed by atoms with Gasteiger partial charge < -0.3 is 14.8 Å². The van der Waals surface area contributed by atoms with E-state index in [1.54, 1.807) is 24.3 Å². The van der Waals surface area contributed by atoms with Gasteiger partial charge in [-0.3, -0.25) is 9.10 Å². The Labute approximate surface area is 180 Å². The molecule has 0 aliphatic heterocycles. The molecule has 0 fully saturated rings. The van der Waals surface area contributed by atoms with Crippen LogP contribution < -0.4 is 10.1 Å². The summed E-state index contributed by atoms with van der Waals surface area (Å²) in [5.74, 6) is -1.16. The van der Waals surface area contributed by atoms with Gasteiger partial charge in [0.2, 0.25) is 5.91 Å². The monoisotopic (exact) mass is 452 g/mol. The molecule has 0 unspecified atom stereocenters. The van der Waals surface area contributed by atoms with E-state index >= 15 is 0 Å². The van der Waals surface area contributed by atoms with Crippen LogP contribution in [0.15, 0.2) is 65.7 Å². The van der Waals surface area contributed by atoms with Crippen molar-refractivity contribution in [1.29, 1.82) is 0 Å². The number of anilines is 1. The van der Waals surface area contributed by atoms with Gasteiger partial charge in [0.1, 0.15) is 17.3 Å². The smallest absolute Gasteiger partial charge is 0.354 e. The number of halogens is 1. The number of para-hydroxylation sites is 1. The van der Waals surface area contributed by atoms with Crippen molar-refractivity contribution in [1.82, 2.24) is 4.31 Å². The predicted molar refractivity (Wildman–Crippen MR) is 113 cm³/mol. The molecule has 0 saturated carbocycles. The molecule has 160 valence electrons. The van der Waals surface area contributed by atoms with E-state index in [1.807, 2.05) is 0 Å². The van der Waals surface area contributed by atoms with E-state index in [0.29, 0.717) is 17.0 Å². The maximum absolute atomic E-state index is 13.3. The summed E-state index contributed by atoms with van der Waals surface area (Å²) in [6, 6.07) is 12.2. The van der Waals surface area contributed by atoms with E-state index in [2.05, 4.69) is 16.6 Å². The van der Waals surface area contributed by atoms with Crippen LogP contribution >= 0.6 is 11.6 Å². The first-order valence-electron chi connectivity index (χ1n) is 8.62. The van der Waals surface area contributed by atoms with Crippen LogP contribution in [-0.2, 0) is 30.9 Å². The Morgan fingerprint density at radius 2 is 1.73 bits per heavy atom. The lowest BCUT2D eigenvalue weighted by atomic mass is 10.1. The van der Waals surface area contributed by atoms with Crippen molar-refractivity contribution in [3.63, 3.8) is 0 Å². The van der Waals surface area contributed by atoms with Gasteiger partial charge in [-0.2, -0.15) is 0 Å². The maximum Gasteiger partial charge on any atom is 0.354 e. The van der Waals surface area contributed by atoms with Crippen molar-refractivity contribution in [2.24, 2.45) is 0 Å². The molecule has 8 nitrogen and oxygen atoms in total. The van der Waals surface area contributed by atoms with Crippen LogP contribution in [-0.4, -0.2) is 44.7 Å². The second-order valence-electron chi connectivity index (χ2n) is 5.96. The Bertz CT molecular complexity index is 1040. The molecule has 2 aromatic carbocycles. The molecule has 0 spiro atoms. The Kier molecular flexibility index (Phi) is 7.85. The topological polar surface area (TPSA) is 102 Å². The van der Waals surface area contributed by atoms with Gasteiger partial charge >= 0.3 is 5.97 Å². The average Bonchev–Trinajstić information content (AvgIpc) is 2.77. The Hall–Kier alpha value is -3.04. The van der Waals surface area contributed by atoms with Crippen molar-refractivity contribution >= 4 is 39.2 Å². The van der Waals surface area contributed by atoms with Crippen molar-refractivity contribution in [3.05, 3.63) is 66.4 Å². The number of hydrogen-bond acceptors (Lipinski definition) is 6. The summed E-state index contributed by atoms with van der Waals surface area (Å²) in [5.41, 5.74) is 0.403. The number of ether oxygens (including phenoxy) is 2. The molecular weight excluding hydrogens is 432 g/mol. The van der Waals surface area contributed by atoms with Gasteiger partial charge in [0.15, 0.2) is 0 Å². The summed E-state index contributed by atoms with van der Waals surface area (Å²) in [5, 5.41) is 2.60. The van der Waals surface area contributed by atoms with Crippen molar-refractivity contribution in [3.8, 4) is 5.75 Å². The number of nitrogens with one attached hydrogen (secondary N) is 1. The number of alkyl halides is 1. The first kappa shape index (κ1) is 23.2. The van der Waals surface area contributed by atoms with Crippen LogP contribution in [0.1, 0.15) is 5.56 Å². The van der Waals surface area contributed by atoms with Crippen LogP contribution in [0, 0.1) is 0 Å². The number of methoxy groups -OCH3 is 2. The summed E-state index contributed by atoms with van der Waals surface area (Å²) >= 11 is 5.54. The standard InChI is InChI=1S/C20H21ClN2O6S/c1-14(20(25)29-3)23(30(26,27)17-10-8-16(28-2)9-11-17)13-15-6-4-5-7-18(15)22-19(24)12-21/h4-11H,1,12-13H2,2-3H3,(H,22,24). The lowest BCUT2D eigenvalue weighted by Crippen LogP contribution is -2.33. The van der Waals surface area contributed by atoms with E-state index in [4.69, 9.17) is 16.3 Å². The molecule has 0 heterocycles. The third-order valence-corrected chi connectivity index (χ3v) is 6.14. The predicted octanol–water partition coefficient (Wildman–Crippen LogP) is 2.75. The molecule has 0 aliphatic rings. The van der Waals surface area contributed by atoms with Crippen molar-refractivity contribution in [2.45, 2.75) is 11.4 Å². The third-order valence-electron chi connectivity index (χ3n) is 4.10. The quantitative estimate of drug-likeness (QED) is 0.356. The number of carbonyl (C=O) groups is 2. The van der Waals surface area contributed by atoms with Crippen LogP contribution in [0.4, 0.5) is 5.69 Å². The second-order valence-corrected chi connectivity index (χ2v) is 8.09. The third kappa shape index (κ3) is 5.31. The van der Waals surface area contributed by atoms with Gasteiger partial charge in [0.05, 0.1) is 25.7 Å². The minimum absolute atomic E-state index is 0.0735. The number of benzene rings is 2. The number of amides is 1. The molecule has 0 aromatic heterocycles. The first-order chi connectivity index (χ1) is 14.2. The highest BCUT2D eigenvalue weighted by Crippen LogP contribution is 2.27. The SMILES string of the molecule is C=C(C(=O)OC)N(Cc1ccccc1NC(=O)CCl)S(=O)(=O)c1ccc(OC)cc1. The van der Waals surface area contributed by atoms with Gasteiger partial charge in [-0.25, -0.2) is 13.2 Å². The fourth-order valence-corrected chi connectivity index (χ4v) is 4.01. The van der Waals surface area contributed by atoms with Gasteiger partial charge in [-0.05, 0) is 35.9 Å². The molecule has 0 bridgehead atoms. The van der Waals surface area contributed by atoms with E-state index in [-0.39, 0.29) is 23.0 Å². The van der Waals surface area contributed by atoms with Crippen LogP contribution in [0.2, 0.25) is 0 Å². The molecule has 2 rings (SSSR count). The minimum atomic E-state index is -4.19. The van der Waals surface area contributed by atoms with Gasteiger partial charge in [0, 0.05) is 5.69 Å². The summed E-state index contributed by atoms with van der Waals surface area (Å²) < 4.78 is 37.1. The largest absolute Gasteiger partial charge is 0.497 e. The number of esters is 1. The van der Waals surface area contributed by atoms with E-state index in [1.165, 1.54) is 31.4 Å². The van der Waals surface area contributed by atoms with E-state index in [9.17, 15) is 18.0 Å². The summed E-state index contributed by atoms with van der Waals surface area (Å²) in [6.07, 6.45) is 0. The number of carbonyl (C=O) groups excluding carboxylic acids is 2. The van der Waals surface area contributed by atoms with E-state index < -0.39 is 21.9 Å². The fourth-order valence-electron chi connectivity index (χ4n) is 2.54. The molecule has 0 saturated heterocycles. The molecular formula is C20H21ClN2O6S. The Morgan fingerprint density at radius 3 is 2.30 bits per heavy atom. The highest BCUT2D eigenvalue weighted by molar-refractivity contribution is 7.89. The summed E-state index contributed by atoms with van der Waals surface area (Å²) in [7, 11) is -1.61. The highest BCUT2D eigenvalue weighted by Gasteiger charge is 2.30. The molecule has 0 atom stereocenters. The van der Waals surface area contributed by atoms with Crippen LogP contribution in [0.3, 0.4) is 0 Å². The number of sulfonamides is 1. The molecule has 1 N–H and O–H groups in total. The molecule has 0 aliphatic carbocycles. The van der Waals surface area contributed by atoms with Gasteiger partial charge in [0.25, 0.3) is 10.0 Å². The molecule has 2 aromatic rings. The highest BCUT2D eigenvalue weighted by atomic mass is 35.5. The zero-order valence-electron chi connectivity index (χ0n) is 16.4. The molecule has 30 heavy (non-hydrogen) atoms. The lowest BCUT2D eigenvalue weighted by molar-refractivity contribution is -0.137. The Morgan fingerprint density at radius 1 is 1.10 bits per heavy atom.